The molecule has 3 heterocycles. The van der Waals surface area contributed by atoms with E-state index in [0.29, 0.717) is 31.0 Å². The van der Waals surface area contributed by atoms with Gasteiger partial charge in [0.15, 0.2) is 5.78 Å². The number of aryl methyl sites for hydroxylation is 1. The monoisotopic (exact) mass is 535 g/mol. The quantitative estimate of drug-likeness (QED) is 0.253. The van der Waals surface area contributed by atoms with Gasteiger partial charge in [-0.3, -0.25) is 14.7 Å². The second-order valence-corrected chi connectivity index (χ2v) is 10.3. The standard InChI is InChI=1S/C29H37N5O3S/c30-26-22-38-21-25(26)18-28(35)27-10-9-24(19-32-27)20-34(13-5-12-33-14-16-37-17-15-33)29(36)31-11-4-8-23-6-2-1-3-7-23/h1-3,6-7,9-10,19,21-22H,4-5,8,11-18,20,30H2,(H,31,36). The Hall–Kier alpha value is -3.27. The summed E-state index contributed by atoms with van der Waals surface area (Å²) in [6.45, 7) is 6.02. The van der Waals surface area contributed by atoms with Gasteiger partial charge in [-0.05, 0) is 47.4 Å². The maximum absolute atomic E-state index is 13.1. The first kappa shape index (κ1) is 27.8. The molecule has 0 radical (unpaired) electrons. The molecular weight excluding hydrogens is 498 g/mol. The Bertz CT molecular complexity index is 1150. The normalized spacial score (nSPS) is 13.8. The Morgan fingerprint density at radius 1 is 1.05 bits per heavy atom. The number of urea groups is 1. The number of carbonyl (C=O) groups excluding carboxylic acids is 2. The van der Waals surface area contributed by atoms with E-state index in [1.165, 1.54) is 16.9 Å². The van der Waals surface area contributed by atoms with Crippen LogP contribution in [0.2, 0.25) is 0 Å². The number of morpholine rings is 1. The van der Waals surface area contributed by atoms with E-state index in [1.807, 2.05) is 39.9 Å². The number of amides is 2. The highest BCUT2D eigenvalue weighted by Crippen LogP contribution is 2.19. The second kappa shape index (κ2) is 14.6. The van der Waals surface area contributed by atoms with Crippen LogP contribution in [0.4, 0.5) is 10.5 Å². The fraction of sp³-hybridized carbons (Fsp3) is 0.414. The van der Waals surface area contributed by atoms with Crippen LogP contribution in [0.3, 0.4) is 0 Å². The largest absolute Gasteiger partial charge is 0.398 e. The average molecular weight is 536 g/mol. The Labute approximate surface area is 228 Å². The average Bonchev–Trinajstić information content (AvgIpc) is 3.35. The highest BCUT2D eigenvalue weighted by atomic mass is 32.1. The van der Waals surface area contributed by atoms with E-state index in [2.05, 4.69) is 27.3 Å². The second-order valence-electron chi connectivity index (χ2n) is 9.55. The number of nitrogens with zero attached hydrogens (tertiary/aromatic N) is 3. The number of hydrogen-bond donors (Lipinski definition) is 2. The van der Waals surface area contributed by atoms with Crippen molar-refractivity contribution < 1.29 is 14.3 Å². The van der Waals surface area contributed by atoms with Gasteiger partial charge in [0.2, 0.25) is 0 Å². The van der Waals surface area contributed by atoms with E-state index in [-0.39, 0.29) is 18.2 Å². The molecule has 9 heteroatoms. The molecule has 0 spiro atoms. The maximum Gasteiger partial charge on any atom is 0.317 e. The molecule has 2 aromatic heterocycles. The smallest absolute Gasteiger partial charge is 0.317 e. The van der Waals surface area contributed by atoms with Crippen LogP contribution < -0.4 is 11.1 Å². The molecule has 1 saturated heterocycles. The molecule has 1 aliphatic heterocycles. The van der Waals surface area contributed by atoms with Crippen molar-refractivity contribution in [3.05, 3.63) is 81.8 Å². The topological polar surface area (TPSA) is 101 Å². The summed E-state index contributed by atoms with van der Waals surface area (Å²) in [6.07, 6.45) is 4.62. The number of hydrogen-bond acceptors (Lipinski definition) is 7. The van der Waals surface area contributed by atoms with E-state index in [0.717, 1.165) is 63.2 Å². The third kappa shape index (κ3) is 8.65. The minimum absolute atomic E-state index is 0.0693. The van der Waals surface area contributed by atoms with Gasteiger partial charge in [-0.1, -0.05) is 36.4 Å². The lowest BCUT2D eigenvalue weighted by atomic mass is 10.1. The van der Waals surface area contributed by atoms with Crippen LogP contribution >= 0.6 is 11.3 Å². The lowest BCUT2D eigenvalue weighted by Crippen LogP contribution is -2.42. The molecule has 2 amide bonds. The van der Waals surface area contributed by atoms with Gasteiger partial charge in [-0.25, -0.2) is 4.79 Å². The number of pyridine rings is 1. The molecular formula is C29H37N5O3S. The summed E-state index contributed by atoms with van der Waals surface area (Å²) < 4.78 is 5.44. The van der Waals surface area contributed by atoms with Crippen LogP contribution in [-0.2, 0) is 24.1 Å². The molecule has 1 fully saturated rings. The number of nitrogens with two attached hydrogens (primary N) is 1. The van der Waals surface area contributed by atoms with Crippen molar-refractivity contribution in [2.75, 3.05) is 51.7 Å². The molecule has 0 saturated carbocycles. The number of nitrogen functional groups attached to an aromatic ring is 1. The van der Waals surface area contributed by atoms with Gasteiger partial charge in [0.25, 0.3) is 0 Å². The van der Waals surface area contributed by atoms with E-state index in [4.69, 9.17) is 10.5 Å². The number of aromatic nitrogens is 1. The van der Waals surface area contributed by atoms with Gasteiger partial charge in [0, 0.05) is 63.0 Å². The van der Waals surface area contributed by atoms with Crippen molar-refractivity contribution in [1.82, 2.24) is 20.1 Å². The van der Waals surface area contributed by atoms with E-state index < -0.39 is 0 Å². The molecule has 0 aliphatic carbocycles. The van der Waals surface area contributed by atoms with E-state index in [9.17, 15) is 9.59 Å². The molecule has 3 aromatic rings. The summed E-state index contributed by atoms with van der Waals surface area (Å²) in [4.78, 5) is 34.4. The fourth-order valence-electron chi connectivity index (χ4n) is 4.45. The minimum Gasteiger partial charge on any atom is -0.398 e. The Morgan fingerprint density at radius 3 is 2.58 bits per heavy atom. The maximum atomic E-state index is 13.1. The zero-order chi connectivity index (χ0) is 26.6. The molecule has 8 nitrogen and oxygen atoms in total. The molecule has 1 aromatic carbocycles. The summed E-state index contributed by atoms with van der Waals surface area (Å²) in [7, 11) is 0. The van der Waals surface area contributed by atoms with Crippen molar-refractivity contribution in [2.24, 2.45) is 0 Å². The van der Waals surface area contributed by atoms with Crippen LogP contribution in [0, 0.1) is 0 Å². The Kier molecular flexibility index (Phi) is 10.7. The molecule has 0 bridgehead atoms. The number of Topliss-reactive ketones (excluding diaryl/α,β-unsaturated/α-hetero) is 1. The predicted octanol–water partition coefficient (Wildman–Crippen LogP) is 4.02. The van der Waals surface area contributed by atoms with Crippen molar-refractivity contribution in [3.63, 3.8) is 0 Å². The number of benzene rings is 1. The lowest BCUT2D eigenvalue weighted by molar-refractivity contribution is 0.0364. The molecule has 1 aliphatic rings. The predicted molar refractivity (Wildman–Crippen MR) is 151 cm³/mol. The third-order valence-electron chi connectivity index (χ3n) is 6.67. The van der Waals surface area contributed by atoms with Crippen LogP contribution in [0.15, 0.2) is 59.4 Å². The van der Waals surface area contributed by atoms with E-state index >= 15 is 0 Å². The molecule has 3 N–H and O–H groups in total. The summed E-state index contributed by atoms with van der Waals surface area (Å²) in [6, 6.07) is 13.8. The van der Waals surface area contributed by atoms with Gasteiger partial charge in [0.1, 0.15) is 5.69 Å². The first-order chi connectivity index (χ1) is 18.6. The number of carbonyl (C=O) groups is 2. The number of ether oxygens (including phenoxy) is 1. The number of nitrogens with one attached hydrogen (secondary N) is 1. The molecule has 0 atom stereocenters. The van der Waals surface area contributed by atoms with Crippen LogP contribution in [-0.4, -0.2) is 72.5 Å². The van der Waals surface area contributed by atoms with Crippen molar-refractivity contribution in [3.8, 4) is 0 Å². The number of thiophene rings is 1. The number of anilines is 1. The molecule has 4 rings (SSSR count). The summed E-state index contributed by atoms with van der Waals surface area (Å²) in [5.74, 6) is -0.0693. The van der Waals surface area contributed by atoms with Crippen molar-refractivity contribution >= 4 is 28.8 Å². The molecule has 38 heavy (non-hydrogen) atoms. The fourth-order valence-corrected chi connectivity index (χ4v) is 5.20. The zero-order valence-electron chi connectivity index (χ0n) is 21.8. The van der Waals surface area contributed by atoms with Gasteiger partial charge in [-0.2, -0.15) is 0 Å². The van der Waals surface area contributed by atoms with E-state index in [1.54, 1.807) is 12.3 Å². The van der Waals surface area contributed by atoms with Crippen LogP contribution in [0.5, 0.6) is 0 Å². The van der Waals surface area contributed by atoms with Gasteiger partial charge in [0.05, 0.1) is 13.2 Å². The first-order valence-corrected chi connectivity index (χ1v) is 14.2. The van der Waals surface area contributed by atoms with Crippen LogP contribution in [0.25, 0.3) is 0 Å². The SMILES string of the molecule is Nc1cscc1CC(=O)c1ccc(CN(CCCN2CCOCC2)C(=O)NCCCc2ccccc2)cn1. The number of rotatable bonds is 13. The minimum atomic E-state index is -0.0758. The van der Waals surface area contributed by atoms with Crippen molar-refractivity contribution in [1.29, 1.82) is 0 Å². The van der Waals surface area contributed by atoms with Crippen molar-refractivity contribution in [2.45, 2.75) is 32.2 Å². The Balaban J connectivity index is 1.31. The first-order valence-electron chi connectivity index (χ1n) is 13.2. The third-order valence-corrected chi connectivity index (χ3v) is 7.48. The van der Waals surface area contributed by atoms with Crippen LogP contribution in [0.1, 0.15) is 40.0 Å². The highest BCUT2D eigenvalue weighted by molar-refractivity contribution is 7.08. The number of ketones is 1. The lowest BCUT2D eigenvalue weighted by Gasteiger charge is -2.28. The molecule has 0 unspecified atom stereocenters. The highest BCUT2D eigenvalue weighted by Gasteiger charge is 2.17. The van der Waals surface area contributed by atoms with Gasteiger partial charge in [-0.15, -0.1) is 11.3 Å². The zero-order valence-corrected chi connectivity index (χ0v) is 22.6. The summed E-state index contributed by atoms with van der Waals surface area (Å²) >= 11 is 1.49. The summed E-state index contributed by atoms with van der Waals surface area (Å²) in [5.41, 5.74) is 9.96. The van der Waals surface area contributed by atoms with Gasteiger partial charge >= 0.3 is 6.03 Å². The summed E-state index contributed by atoms with van der Waals surface area (Å²) in [5, 5.41) is 6.82. The van der Waals surface area contributed by atoms with Gasteiger partial charge < -0.3 is 20.7 Å². The Morgan fingerprint density at radius 2 is 1.87 bits per heavy atom. The molecule has 202 valence electrons.